The molecular formula is C14H21NO4. The van der Waals surface area contributed by atoms with Crippen molar-refractivity contribution < 1.29 is 19.4 Å². The maximum Gasteiger partial charge on any atom is 0.307 e. The fraction of sp³-hybridized carbons (Fsp3) is 0.714. The lowest BCUT2D eigenvalue weighted by Crippen LogP contribution is -2.51. The van der Waals surface area contributed by atoms with E-state index >= 15 is 0 Å². The summed E-state index contributed by atoms with van der Waals surface area (Å²) in [4.78, 5) is 25.5. The van der Waals surface area contributed by atoms with Crippen LogP contribution in [0.25, 0.3) is 0 Å². The maximum atomic E-state index is 12.5. The second-order valence-electron chi connectivity index (χ2n) is 5.49. The van der Waals surface area contributed by atoms with Crippen LogP contribution in [-0.4, -0.2) is 47.2 Å². The molecule has 1 aliphatic carbocycles. The first kappa shape index (κ1) is 14.1. The molecule has 0 aromatic heterocycles. The first-order valence-corrected chi connectivity index (χ1v) is 6.81. The minimum Gasteiger partial charge on any atom is -0.481 e. The third kappa shape index (κ3) is 3.15. The van der Waals surface area contributed by atoms with Gasteiger partial charge in [-0.15, -0.1) is 0 Å². The molecule has 5 nitrogen and oxygen atoms in total. The first-order chi connectivity index (χ1) is 8.99. The summed E-state index contributed by atoms with van der Waals surface area (Å²) in [5.41, 5.74) is 0. The Morgan fingerprint density at radius 2 is 1.63 bits per heavy atom. The van der Waals surface area contributed by atoms with E-state index in [9.17, 15) is 14.7 Å². The van der Waals surface area contributed by atoms with Crippen molar-refractivity contribution in [3.8, 4) is 0 Å². The number of hydrogen-bond acceptors (Lipinski definition) is 3. The van der Waals surface area contributed by atoms with Crippen molar-refractivity contribution in [1.29, 1.82) is 0 Å². The number of amides is 1. The minimum absolute atomic E-state index is 0.00936. The van der Waals surface area contributed by atoms with Gasteiger partial charge < -0.3 is 14.7 Å². The smallest absolute Gasteiger partial charge is 0.307 e. The van der Waals surface area contributed by atoms with Gasteiger partial charge in [-0.3, -0.25) is 9.59 Å². The van der Waals surface area contributed by atoms with Crippen molar-refractivity contribution >= 4 is 11.9 Å². The molecule has 0 spiro atoms. The second kappa shape index (κ2) is 5.74. The van der Waals surface area contributed by atoms with Crippen LogP contribution in [0.3, 0.4) is 0 Å². The second-order valence-corrected chi connectivity index (χ2v) is 5.49. The molecule has 2 rings (SSSR count). The first-order valence-electron chi connectivity index (χ1n) is 6.81. The van der Waals surface area contributed by atoms with Crippen molar-refractivity contribution in [3.05, 3.63) is 12.2 Å². The van der Waals surface area contributed by atoms with Crippen molar-refractivity contribution in [2.75, 3.05) is 13.1 Å². The highest BCUT2D eigenvalue weighted by Gasteiger charge is 2.38. The largest absolute Gasteiger partial charge is 0.481 e. The summed E-state index contributed by atoms with van der Waals surface area (Å²) >= 11 is 0. The molecule has 1 N–H and O–H groups in total. The van der Waals surface area contributed by atoms with Crippen molar-refractivity contribution in [2.24, 2.45) is 11.8 Å². The Hall–Kier alpha value is -1.36. The number of carboxylic acid groups (broad SMARTS) is 1. The molecule has 0 aromatic rings. The molecule has 0 radical (unpaired) electrons. The Kier molecular flexibility index (Phi) is 4.24. The molecule has 1 aliphatic heterocycles. The summed E-state index contributed by atoms with van der Waals surface area (Å²) < 4.78 is 5.60. The zero-order valence-corrected chi connectivity index (χ0v) is 11.4. The molecule has 19 heavy (non-hydrogen) atoms. The SMILES string of the molecule is CC1CN(C(=O)C2CC=CCC2C(=O)O)CC(C)O1. The molecule has 106 valence electrons. The highest BCUT2D eigenvalue weighted by atomic mass is 16.5. The number of hydrogen-bond donors (Lipinski definition) is 1. The molecule has 0 bridgehead atoms. The molecule has 1 saturated heterocycles. The fourth-order valence-corrected chi connectivity index (χ4v) is 2.95. The van der Waals surface area contributed by atoms with Crippen LogP contribution >= 0.6 is 0 Å². The molecule has 0 aromatic carbocycles. The van der Waals surface area contributed by atoms with Gasteiger partial charge >= 0.3 is 5.97 Å². The molecule has 5 heteroatoms. The Balaban J connectivity index is 2.09. The van der Waals surface area contributed by atoms with Crippen LogP contribution in [0.2, 0.25) is 0 Å². The lowest BCUT2D eigenvalue weighted by molar-refractivity contribution is -0.156. The van der Waals surface area contributed by atoms with Crippen molar-refractivity contribution in [1.82, 2.24) is 4.90 Å². The highest BCUT2D eigenvalue weighted by Crippen LogP contribution is 2.28. The number of allylic oxidation sites excluding steroid dienone is 2. The zero-order valence-electron chi connectivity index (χ0n) is 11.4. The van der Waals surface area contributed by atoms with Crippen molar-refractivity contribution in [2.45, 2.75) is 38.9 Å². The molecule has 0 saturated carbocycles. The maximum absolute atomic E-state index is 12.5. The van der Waals surface area contributed by atoms with E-state index in [1.165, 1.54) is 0 Å². The summed E-state index contributed by atoms with van der Waals surface area (Å²) in [7, 11) is 0. The van der Waals surface area contributed by atoms with Gasteiger partial charge in [-0.25, -0.2) is 0 Å². The predicted octanol–water partition coefficient (Wildman–Crippen LogP) is 1.29. The van der Waals surface area contributed by atoms with E-state index in [4.69, 9.17) is 4.74 Å². The van der Waals surface area contributed by atoms with E-state index in [-0.39, 0.29) is 18.1 Å². The van der Waals surface area contributed by atoms with Gasteiger partial charge in [0.1, 0.15) is 0 Å². The average Bonchev–Trinajstić information content (AvgIpc) is 2.36. The van der Waals surface area contributed by atoms with Gasteiger partial charge in [-0.05, 0) is 26.7 Å². The number of carbonyl (C=O) groups is 2. The quantitative estimate of drug-likeness (QED) is 0.766. The summed E-state index contributed by atoms with van der Waals surface area (Å²) in [6.45, 7) is 4.97. The van der Waals surface area contributed by atoms with Crippen LogP contribution in [0.15, 0.2) is 12.2 Å². The van der Waals surface area contributed by atoms with Gasteiger partial charge in [-0.1, -0.05) is 12.2 Å². The summed E-state index contributed by atoms with van der Waals surface area (Å²) in [5, 5.41) is 9.23. The lowest BCUT2D eigenvalue weighted by Gasteiger charge is -2.38. The Bertz CT molecular complexity index is 383. The van der Waals surface area contributed by atoms with Gasteiger partial charge in [0.15, 0.2) is 0 Å². The van der Waals surface area contributed by atoms with E-state index in [1.807, 2.05) is 26.0 Å². The number of ether oxygens (including phenoxy) is 1. The topological polar surface area (TPSA) is 66.8 Å². The van der Waals surface area contributed by atoms with Gasteiger partial charge in [0.05, 0.1) is 24.0 Å². The molecule has 4 atom stereocenters. The number of rotatable bonds is 2. The molecule has 4 unspecified atom stereocenters. The summed E-state index contributed by atoms with van der Waals surface area (Å²) in [6, 6.07) is 0. The summed E-state index contributed by atoms with van der Waals surface area (Å²) in [5.74, 6) is -1.94. The molecule has 2 aliphatic rings. The third-order valence-corrected chi connectivity index (χ3v) is 3.80. The standard InChI is InChI=1S/C14H21NO4/c1-9-7-15(8-10(2)19-9)13(16)11-5-3-4-6-12(11)14(17)18/h3-4,9-12H,5-8H2,1-2H3,(H,17,18). The molecular weight excluding hydrogens is 246 g/mol. The van der Waals surface area contributed by atoms with Gasteiger partial charge in [0.25, 0.3) is 0 Å². The number of carbonyl (C=O) groups excluding carboxylic acids is 1. The number of morpholine rings is 1. The summed E-state index contributed by atoms with van der Waals surface area (Å²) in [6.07, 6.45) is 4.75. The van der Waals surface area contributed by atoms with E-state index in [0.29, 0.717) is 25.9 Å². The zero-order chi connectivity index (χ0) is 14.0. The van der Waals surface area contributed by atoms with Crippen LogP contribution in [-0.2, 0) is 14.3 Å². The van der Waals surface area contributed by atoms with Crippen LogP contribution < -0.4 is 0 Å². The van der Waals surface area contributed by atoms with Gasteiger partial charge in [0.2, 0.25) is 5.91 Å². The monoisotopic (exact) mass is 267 g/mol. The third-order valence-electron chi connectivity index (χ3n) is 3.80. The van der Waals surface area contributed by atoms with E-state index in [1.54, 1.807) is 4.90 Å². The van der Waals surface area contributed by atoms with Crippen LogP contribution in [0.5, 0.6) is 0 Å². The van der Waals surface area contributed by atoms with Crippen LogP contribution in [0.4, 0.5) is 0 Å². The molecule has 1 heterocycles. The fourth-order valence-electron chi connectivity index (χ4n) is 2.95. The Labute approximate surface area is 113 Å². The number of carboxylic acids is 1. The Morgan fingerprint density at radius 1 is 1.11 bits per heavy atom. The van der Waals surface area contributed by atoms with Crippen LogP contribution in [0, 0.1) is 11.8 Å². The number of aliphatic carboxylic acids is 1. The van der Waals surface area contributed by atoms with E-state index < -0.39 is 17.8 Å². The van der Waals surface area contributed by atoms with E-state index in [0.717, 1.165) is 0 Å². The Morgan fingerprint density at radius 3 is 2.16 bits per heavy atom. The van der Waals surface area contributed by atoms with Crippen LogP contribution in [0.1, 0.15) is 26.7 Å². The predicted molar refractivity (Wildman–Crippen MR) is 69.6 cm³/mol. The van der Waals surface area contributed by atoms with Gasteiger partial charge in [-0.2, -0.15) is 0 Å². The van der Waals surface area contributed by atoms with Crippen molar-refractivity contribution in [3.63, 3.8) is 0 Å². The van der Waals surface area contributed by atoms with Gasteiger partial charge in [0, 0.05) is 13.1 Å². The normalized spacial score (nSPS) is 35.2. The lowest BCUT2D eigenvalue weighted by atomic mass is 9.82. The number of nitrogens with zero attached hydrogens (tertiary/aromatic N) is 1. The van der Waals surface area contributed by atoms with E-state index in [2.05, 4.69) is 0 Å². The molecule has 1 amide bonds. The molecule has 1 fully saturated rings. The minimum atomic E-state index is -0.878. The highest BCUT2D eigenvalue weighted by molar-refractivity contribution is 5.85. The average molecular weight is 267 g/mol.